The molecule has 0 saturated carbocycles. The summed E-state index contributed by atoms with van der Waals surface area (Å²) in [4.78, 5) is 24.3. The monoisotopic (exact) mass is 363 g/mol. The number of halogens is 1. The van der Waals surface area contributed by atoms with Crippen LogP contribution in [-0.2, 0) is 11.2 Å². The van der Waals surface area contributed by atoms with E-state index in [2.05, 4.69) is 0 Å². The molecule has 2 N–H and O–H groups in total. The Bertz CT molecular complexity index is 1000. The van der Waals surface area contributed by atoms with Crippen molar-refractivity contribution in [2.75, 3.05) is 7.11 Å². The van der Waals surface area contributed by atoms with Crippen molar-refractivity contribution in [2.24, 2.45) is 0 Å². The highest BCUT2D eigenvalue weighted by Crippen LogP contribution is 2.33. The molecule has 8 heteroatoms. The number of thiophene rings is 1. The van der Waals surface area contributed by atoms with Crippen molar-refractivity contribution in [1.82, 2.24) is 4.57 Å². The summed E-state index contributed by atoms with van der Waals surface area (Å²) < 4.78 is 20.4. The van der Waals surface area contributed by atoms with Crippen molar-refractivity contribution in [3.05, 3.63) is 46.2 Å². The standard InChI is InChI=1S/C17H14FNO5S/c1-8-9(6-15(20)21)10-5-13(24-2)11(18)7-12(10)19(8)17(23)14-3-4-16(22)25-14/h3-5,7,22H,6H2,1-2H3,(H,20,21). The Balaban J connectivity index is 2.30. The van der Waals surface area contributed by atoms with Gasteiger partial charge in [-0.2, -0.15) is 0 Å². The maximum absolute atomic E-state index is 14.2. The first-order valence-corrected chi connectivity index (χ1v) is 8.07. The second-order valence-corrected chi connectivity index (χ2v) is 6.48. The lowest BCUT2D eigenvalue weighted by Gasteiger charge is -2.06. The van der Waals surface area contributed by atoms with Crippen LogP contribution in [0, 0.1) is 12.7 Å². The summed E-state index contributed by atoms with van der Waals surface area (Å²) in [7, 11) is 1.31. The molecule has 0 saturated heterocycles. The van der Waals surface area contributed by atoms with E-state index in [-0.39, 0.29) is 27.6 Å². The van der Waals surface area contributed by atoms with Gasteiger partial charge in [0.1, 0.15) is 0 Å². The van der Waals surface area contributed by atoms with Gasteiger partial charge in [-0.1, -0.05) is 11.3 Å². The van der Waals surface area contributed by atoms with Gasteiger partial charge in [0.05, 0.1) is 23.9 Å². The molecule has 0 bridgehead atoms. The highest BCUT2D eigenvalue weighted by Gasteiger charge is 2.24. The third kappa shape index (κ3) is 2.85. The van der Waals surface area contributed by atoms with E-state index in [1.54, 1.807) is 6.92 Å². The molecule has 0 aliphatic rings. The summed E-state index contributed by atoms with van der Waals surface area (Å²) in [5, 5.41) is 19.1. The Labute approximate surface area is 145 Å². The van der Waals surface area contributed by atoms with Crippen LogP contribution in [0.2, 0.25) is 0 Å². The van der Waals surface area contributed by atoms with Crippen LogP contribution in [0.1, 0.15) is 20.9 Å². The summed E-state index contributed by atoms with van der Waals surface area (Å²) in [5.41, 5.74) is 1.07. The molecule has 25 heavy (non-hydrogen) atoms. The van der Waals surface area contributed by atoms with Crippen LogP contribution in [-0.4, -0.2) is 33.8 Å². The predicted octanol–water partition coefficient (Wildman–Crippen LogP) is 3.18. The Kier molecular flexibility index (Phi) is 4.22. The zero-order valence-corrected chi connectivity index (χ0v) is 14.2. The van der Waals surface area contributed by atoms with Crippen LogP contribution in [0.25, 0.3) is 10.9 Å². The van der Waals surface area contributed by atoms with Crippen molar-refractivity contribution < 1.29 is 28.9 Å². The van der Waals surface area contributed by atoms with Crippen LogP contribution in [0.5, 0.6) is 10.8 Å². The highest BCUT2D eigenvalue weighted by atomic mass is 32.1. The van der Waals surface area contributed by atoms with Gasteiger partial charge in [0.15, 0.2) is 16.6 Å². The Morgan fingerprint density at radius 3 is 2.60 bits per heavy atom. The number of benzene rings is 1. The number of methoxy groups -OCH3 is 1. The molecular weight excluding hydrogens is 349 g/mol. The summed E-state index contributed by atoms with van der Waals surface area (Å²) in [6.07, 6.45) is -0.312. The Morgan fingerprint density at radius 1 is 1.32 bits per heavy atom. The van der Waals surface area contributed by atoms with E-state index in [1.807, 2.05) is 0 Å². The largest absolute Gasteiger partial charge is 0.499 e. The SMILES string of the molecule is COc1cc2c(CC(=O)O)c(C)n(C(=O)c3ccc(O)s3)c2cc1F. The van der Waals surface area contributed by atoms with Gasteiger partial charge in [-0.3, -0.25) is 14.2 Å². The number of carboxylic acid groups (broad SMARTS) is 1. The number of aliphatic carboxylic acids is 1. The van der Waals surface area contributed by atoms with E-state index in [4.69, 9.17) is 9.84 Å². The van der Waals surface area contributed by atoms with Gasteiger partial charge >= 0.3 is 5.97 Å². The van der Waals surface area contributed by atoms with E-state index in [0.717, 1.165) is 17.4 Å². The lowest BCUT2D eigenvalue weighted by molar-refractivity contribution is -0.136. The molecule has 2 heterocycles. The molecule has 3 aromatic rings. The maximum Gasteiger partial charge on any atom is 0.307 e. The highest BCUT2D eigenvalue weighted by molar-refractivity contribution is 7.15. The molecule has 0 radical (unpaired) electrons. The summed E-state index contributed by atoms with van der Waals surface area (Å²) in [6, 6.07) is 5.40. The molecule has 0 spiro atoms. The number of fused-ring (bicyclic) bond motifs is 1. The minimum Gasteiger partial charge on any atom is -0.499 e. The van der Waals surface area contributed by atoms with Gasteiger partial charge in [0, 0.05) is 17.1 Å². The number of nitrogens with zero attached hydrogens (tertiary/aromatic N) is 1. The van der Waals surface area contributed by atoms with Gasteiger partial charge < -0.3 is 14.9 Å². The average molecular weight is 363 g/mol. The quantitative estimate of drug-likeness (QED) is 0.743. The van der Waals surface area contributed by atoms with Gasteiger partial charge in [0.25, 0.3) is 5.91 Å². The van der Waals surface area contributed by atoms with E-state index >= 15 is 0 Å². The van der Waals surface area contributed by atoms with Crippen LogP contribution in [0.3, 0.4) is 0 Å². The molecular formula is C17H14FNO5S. The van der Waals surface area contributed by atoms with E-state index < -0.39 is 17.7 Å². The van der Waals surface area contributed by atoms with E-state index in [9.17, 15) is 19.1 Å². The molecule has 0 atom stereocenters. The minimum atomic E-state index is -1.06. The summed E-state index contributed by atoms with van der Waals surface area (Å²) in [5.74, 6) is -2.21. The Hall–Kier alpha value is -2.87. The molecule has 2 aromatic heterocycles. The van der Waals surface area contributed by atoms with Crippen molar-refractivity contribution in [1.29, 1.82) is 0 Å². The van der Waals surface area contributed by atoms with Crippen molar-refractivity contribution in [2.45, 2.75) is 13.3 Å². The van der Waals surface area contributed by atoms with E-state index in [1.165, 1.54) is 29.9 Å². The van der Waals surface area contributed by atoms with E-state index in [0.29, 0.717) is 16.6 Å². The lowest BCUT2D eigenvalue weighted by Crippen LogP contribution is -2.13. The molecule has 0 fully saturated rings. The van der Waals surface area contributed by atoms with Crippen molar-refractivity contribution >= 4 is 34.1 Å². The minimum absolute atomic E-state index is 0.0175. The number of carbonyl (C=O) groups is 2. The second-order valence-electron chi connectivity index (χ2n) is 5.42. The first kappa shape index (κ1) is 17.0. The molecule has 0 amide bonds. The predicted molar refractivity (Wildman–Crippen MR) is 90.2 cm³/mol. The van der Waals surface area contributed by atoms with Crippen molar-refractivity contribution in [3.8, 4) is 10.8 Å². The smallest absolute Gasteiger partial charge is 0.307 e. The number of carboxylic acids is 1. The number of carbonyl (C=O) groups excluding carboxylic acids is 1. The topological polar surface area (TPSA) is 88.8 Å². The zero-order chi connectivity index (χ0) is 18.3. The zero-order valence-electron chi connectivity index (χ0n) is 13.4. The van der Waals surface area contributed by atoms with Gasteiger partial charge in [-0.05, 0) is 30.7 Å². The fourth-order valence-corrected chi connectivity index (χ4v) is 3.50. The fourth-order valence-electron chi connectivity index (χ4n) is 2.83. The lowest BCUT2D eigenvalue weighted by atomic mass is 10.1. The van der Waals surface area contributed by atoms with Crippen LogP contribution in [0.15, 0.2) is 24.3 Å². The average Bonchev–Trinajstić information content (AvgIpc) is 3.08. The normalized spacial score (nSPS) is 11.0. The number of ether oxygens (including phenoxy) is 1. The molecule has 0 unspecified atom stereocenters. The molecule has 3 rings (SSSR count). The van der Waals surface area contributed by atoms with Crippen LogP contribution < -0.4 is 4.74 Å². The first-order valence-electron chi connectivity index (χ1n) is 7.26. The number of hydrogen-bond acceptors (Lipinski definition) is 5. The summed E-state index contributed by atoms with van der Waals surface area (Å²) >= 11 is 0.893. The number of aromatic nitrogens is 1. The molecule has 1 aromatic carbocycles. The Morgan fingerprint density at radius 2 is 2.04 bits per heavy atom. The molecule has 0 aliphatic carbocycles. The fraction of sp³-hybridized carbons (Fsp3) is 0.176. The number of aromatic hydroxyl groups is 1. The van der Waals surface area contributed by atoms with Crippen molar-refractivity contribution in [3.63, 3.8) is 0 Å². The first-order chi connectivity index (χ1) is 11.8. The third-order valence-corrected chi connectivity index (χ3v) is 4.82. The maximum atomic E-state index is 14.2. The molecule has 130 valence electrons. The van der Waals surface area contributed by atoms with Gasteiger partial charge in [-0.15, -0.1) is 0 Å². The van der Waals surface area contributed by atoms with Crippen LogP contribution in [0.4, 0.5) is 4.39 Å². The second kappa shape index (κ2) is 6.21. The van der Waals surface area contributed by atoms with Gasteiger partial charge in [0.2, 0.25) is 0 Å². The molecule has 0 aliphatic heterocycles. The third-order valence-electron chi connectivity index (χ3n) is 3.94. The number of hydrogen-bond donors (Lipinski definition) is 2. The number of rotatable bonds is 4. The van der Waals surface area contributed by atoms with Crippen LogP contribution >= 0.6 is 11.3 Å². The summed E-state index contributed by atoms with van der Waals surface area (Å²) in [6.45, 7) is 1.61. The molecule has 6 nitrogen and oxygen atoms in total. The van der Waals surface area contributed by atoms with Gasteiger partial charge in [-0.25, -0.2) is 4.39 Å².